The van der Waals surface area contributed by atoms with Crippen LogP contribution in [-0.4, -0.2) is 46.8 Å². The van der Waals surface area contributed by atoms with E-state index < -0.39 is 13.8 Å². The smallest absolute Gasteiger partial charge is 0.372 e. The molecule has 0 spiro atoms. The molecule has 3 unspecified atom stereocenters. The second-order valence-corrected chi connectivity index (χ2v) is 11.1. The van der Waals surface area contributed by atoms with Gasteiger partial charge in [-0.2, -0.15) is 0 Å². The van der Waals surface area contributed by atoms with E-state index in [1.165, 1.54) is 5.56 Å². The van der Waals surface area contributed by atoms with Crippen LogP contribution >= 0.6 is 0 Å². The number of methoxy groups -OCH3 is 1. The van der Waals surface area contributed by atoms with Gasteiger partial charge in [0.1, 0.15) is 5.22 Å². The van der Waals surface area contributed by atoms with Gasteiger partial charge in [0.15, 0.2) is 0 Å². The van der Waals surface area contributed by atoms with Crippen LogP contribution in [0.15, 0.2) is 30.3 Å². The van der Waals surface area contributed by atoms with Crippen LogP contribution in [-0.2, 0) is 20.0 Å². The van der Waals surface area contributed by atoms with Gasteiger partial charge in [-0.15, -0.1) is 0 Å². The third-order valence-electron chi connectivity index (χ3n) is 5.96. The fourth-order valence-corrected chi connectivity index (χ4v) is 9.33. The largest absolute Gasteiger partial charge is 0.396 e. The Morgan fingerprint density at radius 2 is 1.85 bits per heavy atom. The molecule has 0 saturated carbocycles. The van der Waals surface area contributed by atoms with Crippen LogP contribution in [0, 0.1) is 0 Å². The van der Waals surface area contributed by atoms with Crippen molar-refractivity contribution in [2.24, 2.45) is 5.73 Å². The highest BCUT2D eigenvalue weighted by molar-refractivity contribution is 6.71. The first-order valence-corrected chi connectivity index (χ1v) is 11.7. The summed E-state index contributed by atoms with van der Waals surface area (Å²) < 4.78 is 18.7. The minimum Gasteiger partial charge on any atom is -0.396 e. The Balaban J connectivity index is 2.63. The molecule has 0 radical (unpaired) electrons. The van der Waals surface area contributed by atoms with Gasteiger partial charge in [0.25, 0.3) is 0 Å². The maximum absolute atomic E-state index is 6.40. The van der Waals surface area contributed by atoms with Crippen molar-refractivity contribution in [2.75, 3.05) is 21.3 Å². The van der Waals surface area contributed by atoms with Crippen molar-refractivity contribution in [3.63, 3.8) is 0 Å². The lowest BCUT2D eigenvalue weighted by Crippen LogP contribution is -2.81. The van der Waals surface area contributed by atoms with Crippen LogP contribution in [0.5, 0.6) is 0 Å². The van der Waals surface area contributed by atoms with Crippen molar-refractivity contribution in [3.05, 3.63) is 35.9 Å². The van der Waals surface area contributed by atoms with Gasteiger partial charge >= 0.3 is 8.56 Å². The van der Waals surface area contributed by atoms with E-state index in [1.807, 2.05) is 14.0 Å². The number of ether oxygens (including phenoxy) is 1. The number of hydrogen-bond acceptors (Lipinski definition) is 5. The quantitative estimate of drug-likeness (QED) is 0.509. The molecule has 1 fully saturated rings. The molecule has 0 bridgehead atoms. The third kappa shape index (κ3) is 3.63. The summed E-state index contributed by atoms with van der Waals surface area (Å²) in [5.74, 6) is 0. The van der Waals surface area contributed by atoms with Crippen molar-refractivity contribution in [1.29, 1.82) is 0 Å². The minimum absolute atomic E-state index is 0.149. The first-order valence-electron chi connectivity index (χ1n) is 9.67. The van der Waals surface area contributed by atoms with Crippen LogP contribution in [0.2, 0.25) is 6.04 Å². The molecule has 3 atom stereocenters. The summed E-state index contributed by atoms with van der Waals surface area (Å²) >= 11 is 0. The summed E-state index contributed by atoms with van der Waals surface area (Å²) in [6.45, 7) is 4.19. The Hall–Kier alpha value is -0.763. The van der Waals surface area contributed by atoms with Gasteiger partial charge in [0, 0.05) is 21.3 Å². The van der Waals surface area contributed by atoms with Gasteiger partial charge in [0.05, 0.1) is 11.7 Å². The Labute approximate surface area is 159 Å². The van der Waals surface area contributed by atoms with E-state index in [4.69, 9.17) is 19.3 Å². The second-order valence-electron chi connectivity index (χ2n) is 7.47. The zero-order valence-corrected chi connectivity index (χ0v) is 18.0. The van der Waals surface area contributed by atoms with Crippen molar-refractivity contribution in [1.82, 2.24) is 5.32 Å². The summed E-state index contributed by atoms with van der Waals surface area (Å²) in [4.78, 5) is 0. The molecule has 26 heavy (non-hydrogen) atoms. The van der Waals surface area contributed by atoms with Gasteiger partial charge in [-0.1, -0.05) is 43.7 Å². The number of benzene rings is 1. The predicted octanol–water partition coefficient (Wildman–Crippen LogP) is 3.12. The van der Waals surface area contributed by atoms with Gasteiger partial charge in [0.2, 0.25) is 0 Å². The summed E-state index contributed by atoms with van der Waals surface area (Å²) in [5.41, 5.74) is 7.22. The van der Waals surface area contributed by atoms with Gasteiger partial charge in [-0.05, 0) is 44.2 Å². The zero-order chi connectivity index (χ0) is 19.3. The molecule has 1 aromatic rings. The predicted molar refractivity (Wildman–Crippen MR) is 108 cm³/mol. The average Bonchev–Trinajstić information content (AvgIpc) is 2.63. The summed E-state index contributed by atoms with van der Waals surface area (Å²) in [7, 11) is 2.74. The molecule has 5 nitrogen and oxygen atoms in total. The zero-order valence-electron chi connectivity index (χ0n) is 17.0. The first-order chi connectivity index (χ1) is 12.4. The topological polar surface area (TPSA) is 65.7 Å². The van der Waals surface area contributed by atoms with Crippen LogP contribution in [0.4, 0.5) is 0 Å². The van der Waals surface area contributed by atoms with E-state index in [-0.39, 0.29) is 11.7 Å². The summed E-state index contributed by atoms with van der Waals surface area (Å²) in [5, 5.41) is 3.21. The van der Waals surface area contributed by atoms with Gasteiger partial charge < -0.3 is 19.3 Å². The van der Waals surface area contributed by atoms with Crippen molar-refractivity contribution in [2.45, 2.75) is 68.9 Å². The van der Waals surface area contributed by atoms with Crippen LogP contribution in [0.25, 0.3) is 0 Å². The summed E-state index contributed by atoms with van der Waals surface area (Å²) in [6.07, 6.45) is 4.58. The lowest BCUT2D eigenvalue weighted by molar-refractivity contribution is -0.0839. The second kappa shape index (κ2) is 8.95. The molecule has 2 rings (SSSR count). The van der Waals surface area contributed by atoms with Crippen LogP contribution in [0.1, 0.15) is 45.1 Å². The highest BCUT2D eigenvalue weighted by Gasteiger charge is 2.69. The molecule has 0 amide bonds. The maximum atomic E-state index is 6.40. The standard InChI is InChI=1S/C20H36N2O3Si/c1-6-13-20(23-3)19(22-17(2)21,16-18-11-8-7-9-12-18)14-10-15-26(20,24-4)25-5/h7-9,11-12,17,22H,6,10,13-16,21H2,1-5H3. The van der Waals surface area contributed by atoms with Crippen molar-refractivity contribution < 1.29 is 13.6 Å². The SMILES string of the molecule is CCCC1(OC)C(Cc2ccccc2)(NC(C)N)CCC[Si]1(OC)OC. The van der Waals surface area contributed by atoms with E-state index in [1.54, 1.807) is 14.2 Å². The Morgan fingerprint density at radius 1 is 1.19 bits per heavy atom. The van der Waals surface area contributed by atoms with E-state index in [9.17, 15) is 0 Å². The molecule has 1 aliphatic heterocycles. The average molecular weight is 381 g/mol. The van der Waals surface area contributed by atoms with Crippen molar-refractivity contribution >= 4 is 8.56 Å². The molecule has 0 aromatic heterocycles. The fraction of sp³-hybridized carbons (Fsp3) is 0.700. The number of rotatable bonds is 9. The molecule has 1 saturated heterocycles. The first kappa shape index (κ1) is 21.5. The molecule has 1 aliphatic rings. The molecule has 148 valence electrons. The Bertz CT molecular complexity index is 553. The van der Waals surface area contributed by atoms with Crippen molar-refractivity contribution in [3.8, 4) is 0 Å². The van der Waals surface area contributed by atoms with E-state index in [0.717, 1.165) is 38.1 Å². The van der Waals surface area contributed by atoms with E-state index in [2.05, 4.69) is 42.6 Å². The molecule has 3 N–H and O–H groups in total. The monoisotopic (exact) mass is 380 g/mol. The fourth-order valence-electron chi connectivity index (χ4n) is 5.09. The molecule has 1 aromatic carbocycles. The highest BCUT2D eigenvalue weighted by atomic mass is 28.4. The number of nitrogens with one attached hydrogen (secondary N) is 1. The molecule has 1 heterocycles. The molecule has 6 heteroatoms. The normalized spacial score (nSPS) is 29.5. The van der Waals surface area contributed by atoms with Gasteiger partial charge in [-0.3, -0.25) is 5.32 Å². The van der Waals surface area contributed by atoms with E-state index >= 15 is 0 Å². The lowest BCUT2D eigenvalue weighted by Gasteiger charge is -2.60. The lowest BCUT2D eigenvalue weighted by atomic mass is 9.78. The molecule has 0 aliphatic carbocycles. The van der Waals surface area contributed by atoms with Crippen LogP contribution in [0.3, 0.4) is 0 Å². The van der Waals surface area contributed by atoms with Gasteiger partial charge in [-0.25, -0.2) is 0 Å². The highest BCUT2D eigenvalue weighted by Crippen LogP contribution is 2.50. The third-order valence-corrected chi connectivity index (χ3v) is 10.5. The number of hydrogen-bond donors (Lipinski definition) is 2. The van der Waals surface area contributed by atoms with E-state index in [0.29, 0.717) is 0 Å². The minimum atomic E-state index is -2.63. The Kier molecular flexibility index (Phi) is 7.41. The summed E-state index contributed by atoms with van der Waals surface area (Å²) in [6, 6.07) is 11.5. The molecular weight excluding hydrogens is 344 g/mol. The maximum Gasteiger partial charge on any atom is 0.372 e. The number of nitrogens with two attached hydrogens (primary N) is 1. The molecular formula is C20H36N2O3Si. The Morgan fingerprint density at radius 3 is 2.35 bits per heavy atom. The van der Waals surface area contributed by atoms with Crippen LogP contribution < -0.4 is 11.1 Å².